The molecule has 0 saturated heterocycles. The Hall–Kier alpha value is -2.99. The van der Waals surface area contributed by atoms with Crippen LogP contribution in [0.25, 0.3) is 0 Å². The predicted molar refractivity (Wildman–Crippen MR) is 135 cm³/mol. The summed E-state index contributed by atoms with van der Waals surface area (Å²) in [4.78, 5) is 29.0. The number of hydrogen-bond donors (Lipinski definition) is 0. The number of hydrogen-bond acceptors (Lipinski definition) is 5. The van der Waals surface area contributed by atoms with Crippen molar-refractivity contribution in [3.63, 3.8) is 0 Å². The fourth-order valence-corrected chi connectivity index (χ4v) is 5.04. The average molecular weight is 459 g/mol. The number of ketones is 1. The van der Waals surface area contributed by atoms with E-state index in [1.165, 1.54) is 38.4 Å². The van der Waals surface area contributed by atoms with Gasteiger partial charge in [-0.2, -0.15) is 0 Å². The van der Waals surface area contributed by atoms with E-state index in [0.29, 0.717) is 29.7 Å². The lowest BCUT2D eigenvalue weighted by Gasteiger charge is -2.30. The van der Waals surface area contributed by atoms with Crippen LogP contribution in [0.3, 0.4) is 0 Å². The highest BCUT2D eigenvalue weighted by Crippen LogP contribution is 2.31. The maximum absolute atomic E-state index is 13.7. The van der Waals surface area contributed by atoms with E-state index in [-0.39, 0.29) is 5.78 Å². The third-order valence-corrected chi connectivity index (χ3v) is 6.83. The summed E-state index contributed by atoms with van der Waals surface area (Å²) >= 11 is 6.03. The summed E-state index contributed by atoms with van der Waals surface area (Å²) in [6.45, 7) is 0.454. The Kier molecular flexibility index (Phi) is 8.25. The van der Waals surface area contributed by atoms with Crippen molar-refractivity contribution in [2.24, 2.45) is 5.92 Å². The first-order valence-corrected chi connectivity index (χ1v) is 12.2. The van der Waals surface area contributed by atoms with Crippen molar-refractivity contribution >= 4 is 28.8 Å². The van der Waals surface area contributed by atoms with Gasteiger partial charge in [0.15, 0.2) is 0 Å². The summed E-state index contributed by atoms with van der Waals surface area (Å²) in [5, 5.41) is 0. The number of carbonyl (C=O) groups is 1. The third kappa shape index (κ3) is 6.29. The van der Waals surface area contributed by atoms with Gasteiger partial charge in [-0.05, 0) is 30.0 Å². The molecule has 5 nitrogen and oxygen atoms in total. The molecule has 6 heteroatoms. The molecule has 4 rings (SSSR count). The first-order chi connectivity index (χ1) is 16.2. The van der Waals surface area contributed by atoms with Crippen LogP contribution in [0.1, 0.15) is 62.0 Å². The van der Waals surface area contributed by atoms with E-state index in [1.807, 2.05) is 53.4 Å². The number of carbonyl (C=O) groups excluding carboxylic acids is 1. The van der Waals surface area contributed by atoms with Crippen molar-refractivity contribution in [1.29, 1.82) is 0 Å². The molecule has 2 aromatic heterocycles. The molecule has 1 unspecified atom stereocenters. The van der Waals surface area contributed by atoms with Crippen molar-refractivity contribution in [3.8, 4) is 0 Å². The molecule has 1 saturated carbocycles. The van der Waals surface area contributed by atoms with Crippen LogP contribution in [0.5, 0.6) is 0 Å². The van der Waals surface area contributed by atoms with E-state index in [2.05, 4.69) is 15.0 Å². The minimum atomic E-state index is -0.489. The zero-order chi connectivity index (χ0) is 22.9. The van der Waals surface area contributed by atoms with Gasteiger partial charge in [0.25, 0.3) is 0 Å². The van der Waals surface area contributed by atoms with Crippen LogP contribution in [0.4, 0.5) is 5.82 Å². The van der Waals surface area contributed by atoms with Crippen LogP contribution in [0, 0.1) is 5.92 Å². The Morgan fingerprint density at radius 3 is 2.42 bits per heavy atom. The molecular formula is C27H30N4OS. The molecule has 33 heavy (non-hydrogen) atoms. The van der Waals surface area contributed by atoms with Gasteiger partial charge in [0, 0.05) is 30.6 Å². The SMILES string of the molecule is O=C(CCC1CCCCC1)C(C(=S)N(Cc1cncnc1)c1ccccn1)c1ccccc1. The molecule has 1 aromatic carbocycles. The monoisotopic (exact) mass is 458 g/mol. The molecule has 1 aliphatic carbocycles. The predicted octanol–water partition coefficient (Wildman–Crippen LogP) is 5.92. The first kappa shape index (κ1) is 23.2. The summed E-state index contributed by atoms with van der Waals surface area (Å²) in [7, 11) is 0. The molecule has 0 aliphatic heterocycles. The summed E-state index contributed by atoms with van der Waals surface area (Å²) in [6, 6.07) is 15.6. The molecule has 0 spiro atoms. The lowest BCUT2D eigenvalue weighted by Crippen LogP contribution is -2.37. The molecule has 1 fully saturated rings. The van der Waals surface area contributed by atoms with Gasteiger partial charge < -0.3 is 4.90 Å². The van der Waals surface area contributed by atoms with Crippen LogP contribution in [0.15, 0.2) is 73.4 Å². The van der Waals surface area contributed by atoms with E-state index in [9.17, 15) is 4.79 Å². The highest BCUT2D eigenvalue weighted by atomic mass is 32.1. The third-order valence-electron chi connectivity index (χ3n) is 6.37. The van der Waals surface area contributed by atoms with E-state index in [4.69, 9.17) is 12.2 Å². The van der Waals surface area contributed by atoms with E-state index in [1.54, 1.807) is 18.6 Å². The van der Waals surface area contributed by atoms with Gasteiger partial charge in [0.2, 0.25) is 0 Å². The molecule has 170 valence electrons. The second kappa shape index (κ2) is 11.8. The Morgan fingerprint density at radius 2 is 1.73 bits per heavy atom. The quantitative estimate of drug-likeness (QED) is 0.371. The summed E-state index contributed by atoms with van der Waals surface area (Å²) in [5.74, 6) is 1.06. The van der Waals surface area contributed by atoms with E-state index >= 15 is 0 Å². The molecule has 0 amide bonds. The second-order valence-corrected chi connectivity index (χ2v) is 9.13. The zero-order valence-corrected chi connectivity index (χ0v) is 19.7. The highest BCUT2D eigenvalue weighted by molar-refractivity contribution is 7.80. The molecule has 0 bridgehead atoms. The minimum absolute atomic E-state index is 0.182. The molecule has 0 radical (unpaired) electrons. The zero-order valence-electron chi connectivity index (χ0n) is 18.8. The Labute approximate surface area is 201 Å². The van der Waals surface area contributed by atoms with Gasteiger partial charge in [-0.25, -0.2) is 15.0 Å². The molecule has 3 aromatic rings. The summed E-state index contributed by atoms with van der Waals surface area (Å²) in [5.41, 5.74) is 1.84. The van der Waals surface area contributed by atoms with E-state index in [0.717, 1.165) is 17.5 Å². The van der Waals surface area contributed by atoms with Crippen LogP contribution in [0.2, 0.25) is 0 Å². The highest BCUT2D eigenvalue weighted by Gasteiger charge is 2.30. The van der Waals surface area contributed by atoms with Crippen molar-refractivity contribution in [1.82, 2.24) is 15.0 Å². The van der Waals surface area contributed by atoms with Crippen molar-refractivity contribution < 1.29 is 4.79 Å². The fraction of sp³-hybridized carbons (Fsp3) is 0.370. The number of aromatic nitrogens is 3. The van der Waals surface area contributed by atoms with Crippen LogP contribution in [-0.2, 0) is 11.3 Å². The normalized spacial score (nSPS) is 15.0. The van der Waals surface area contributed by atoms with Crippen LogP contribution in [-0.4, -0.2) is 25.7 Å². The van der Waals surface area contributed by atoms with Crippen molar-refractivity contribution in [2.45, 2.75) is 57.4 Å². The average Bonchev–Trinajstić information content (AvgIpc) is 2.88. The fourth-order valence-electron chi connectivity index (χ4n) is 4.61. The van der Waals surface area contributed by atoms with Gasteiger partial charge in [-0.1, -0.05) is 80.7 Å². The molecule has 1 aliphatic rings. The number of thiocarbonyl (C=S) groups is 1. The summed E-state index contributed by atoms with van der Waals surface area (Å²) < 4.78 is 0. The molecule has 1 atom stereocenters. The number of Topliss-reactive ketones (excluding diaryl/α,β-unsaturated/α-hetero) is 1. The van der Waals surface area contributed by atoms with Crippen molar-refractivity contribution in [2.75, 3.05) is 4.90 Å². The lowest BCUT2D eigenvalue weighted by atomic mass is 9.83. The molecule has 0 N–H and O–H groups in total. The topological polar surface area (TPSA) is 59.0 Å². The maximum Gasteiger partial charge on any atom is 0.147 e. The first-order valence-electron chi connectivity index (χ1n) is 11.8. The second-order valence-electron chi connectivity index (χ2n) is 8.71. The largest absolute Gasteiger partial charge is 0.315 e. The van der Waals surface area contributed by atoms with Gasteiger partial charge in [0.05, 0.1) is 17.5 Å². The number of pyridine rings is 1. The van der Waals surface area contributed by atoms with Crippen LogP contribution >= 0.6 is 12.2 Å². The number of nitrogens with zero attached hydrogens (tertiary/aromatic N) is 4. The van der Waals surface area contributed by atoms with Gasteiger partial charge >= 0.3 is 0 Å². The number of anilines is 1. The van der Waals surface area contributed by atoms with Crippen molar-refractivity contribution in [3.05, 3.63) is 84.6 Å². The Bertz CT molecular complexity index is 1020. The van der Waals surface area contributed by atoms with Gasteiger partial charge in [0.1, 0.15) is 17.9 Å². The smallest absolute Gasteiger partial charge is 0.147 e. The minimum Gasteiger partial charge on any atom is -0.315 e. The maximum atomic E-state index is 13.7. The number of rotatable bonds is 9. The molecular weight excluding hydrogens is 428 g/mol. The lowest BCUT2D eigenvalue weighted by molar-refractivity contribution is -0.119. The van der Waals surface area contributed by atoms with Gasteiger partial charge in [-0.15, -0.1) is 0 Å². The van der Waals surface area contributed by atoms with Crippen LogP contribution < -0.4 is 4.90 Å². The Balaban J connectivity index is 1.61. The number of benzene rings is 1. The molecule has 2 heterocycles. The Morgan fingerprint density at radius 1 is 1.00 bits per heavy atom. The van der Waals surface area contributed by atoms with E-state index < -0.39 is 5.92 Å². The summed E-state index contributed by atoms with van der Waals surface area (Å²) in [6.07, 6.45) is 14.7. The van der Waals surface area contributed by atoms with Gasteiger partial charge in [-0.3, -0.25) is 4.79 Å². The standard InChI is InChI=1S/C27H30N4OS/c32-24(15-14-21-9-3-1-4-10-21)26(23-11-5-2-6-12-23)27(33)31(25-13-7-8-16-30-25)19-22-17-28-20-29-18-22/h2,5-8,11-13,16-18,20-21,26H,1,3-4,9-10,14-15,19H2.